The lowest BCUT2D eigenvalue weighted by Gasteiger charge is -2.11. The van der Waals surface area contributed by atoms with Crippen LogP contribution in [0, 0.1) is 6.92 Å². The second-order valence-corrected chi connectivity index (χ2v) is 4.05. The Kier molecular flexibility index (Phi) is 5.17. The monoisotopic (exact) mass is 249 g/mol. The molecular formula is C13H19N3O2. The second kappa shape index (κ2) is 6.64. The number of anilines is 1. The van der Waals surface area contributed by atoms with Crippen molar-refractivity contribution in [2.75, 3.05) is 18.4 Å². The molecule has 0 spiro atoms. The number of hydrogen-bond donors (Lipinski definition) is 3. The first-order chi connectivity index (χ1) is 8.54. The van der Waals surface area contributed by atoms with Gasteiger partial charge in [0.05, 0.1) is 5.56 Å². The fraction of sp³-hybridized carbons (Fsp3) is 0.385. The van der Waals surface area contributed by atoms with Crippen LogP contribution < -0.4 is 16.4 Å². The van der Waals surface area contributed by atoms with Crippen molar-refractivity contribution in [3.8, 4) is 0 Å². The summed E-state index contributed by atoms with van der Waals surface area (Å²) in [5.74, 6) is -0.623. The minimum atomic E-state index is -0.425. The zero-order valence-electron chi connectivity index (χ0n) is 10.7. The molecule has 0 aliphatic carbocycles. The molecule has 1 aromatic rings. The SMILES string of the molecule is CCNc1ccc(C)cc1C(=O)NCCC(N)=O. The van der Waals surface area contributed by atoms with Crippen LogP contribution in [0.1, 0.15) is 29.3 Å². The molecule has 0 saturated heterocycles. The van der Waals surface area contributed by atoms with E-state index in [4.69, 9.17) is 5.73 Å². The van der Waals surface area contributed by atoms with Crippen LogP contribution in [-0.4, -0.2) is 24.9 Å². The van der Waals surface area contributed by atoms with Gasteiger partial charge in [0.2, 0.25) is 5.91 Å². The number of primary amides is 1. The van der Waals surface area contributed by atoms with Crippen molar-refractivity contribution in [2.45, 2.75) is 20.3 Å². The molecule has 5 heteroatoms. The summed E-state index contributed by atoms with van der Waals surface area (Å²) in [6, 6.07) is 5.64. The van der Waals surface area contributed by atoms with Gasteiger partial charge < -0.3 is 16.4 Å². The van der Waals surface area contributed by atoms with Crippen LogP contribution in [0.2, 0.25) is 0 Å². The van der Waals surface area contributed by atoms with E-state index in [2.05, 4.69) is 10.6 Å². The quantitative estimate of drug-likeness (QED) is 0.704. The standard InChI is InChI=1S/C13H19N3O2/c1-3-15-11-5-4-9(2)8-10(11)13(18)16-7-6-12(14)17/h4-5,8,15H,3,6-7H2,1-2H3,(H2,14,17)(H,16,18). The topological polar surface area (TPSA) is 84.2 Å². The number of rotatable bonds is 6. The van der Waals surface area contributed by atoms with Gasteiger partial charge in [0, 0.05) is 25.2 Å². The fourth-order valence-corrected chi connectivity index (χ4v) is 1.59. The number of nitrogens with two attached hydrogens (primary N) is 1. The smallest absolute Gasteiger partial charge is 0.253 e. The van der Waals surface area contributed by atoms with Crippen LogP contribution >= 0.6 is 0 Å². The molecule has 0 bridgehead atoms. The Hall–Kier alpha value is -2.04. The van der Waals surface area contributed by atoms with Crippen molar-refractivity contribution >= 4 is 17.5 Å². The third-order valence-electron chi connectivity index (χ3n) is 2.44. The van der Waals surface area contributed by atoms with E-state index in [1.807, 2.05) is 32.0 Å². The summed E-state index contributed by atoms with van der Waals surface area (Å²) in [4.78, 5) is 22.6. The van der Waals surface area contributed by atoms with Gasteiger partial charge in [-0.3, -0.25) is 9.59 Å². The normalized spacial score (nSPS) is 9.89. The van der Waals surface area contributed by atoms with E-state index in [0.717, 1.165) is 17.8 Å². The van der Waals surface area contributed by atoms with Gasteiger partial charge >= 0.3 is 0 Å². The van der Waals surface area contributed by atoms with E-state index in [1.165, 1.54) is 0 Å². The highest BCUT2D eigenvalue weighted by atomic mass is 16.2. The predicted octanol–water partition coefficient (Wildman–Crippen LogP) is 1.03. The van der Waals surface area contributed by atoms with Crippen LogP contribution in [0.3, 0.4) is 0 Å². The van der Waals surface area contributed by atoms with Crippen molar-refractivity contribution in [1.82, 2.24) is 5.32 Å². The van der Waals surface area contributed by atoms with Crippen molar-refractivity contribution in [1.29, 1.82) is 0 Å². The van der Waals surface area contributed by atoms with Crippen LogP contribution in [0.25, 0.3) is 0 Å². The molecule has 0 saturated carbocycles. The van der Waals surface area contributed by atoms with Gasteiger partial charge in [-0.05, 0) is 26.0 Å². The molecule has 1 aromatic carbocycles. The predicted molar refractivity (Wildman–Crippen MR) is 71.5 cm³/mol. The molecule has 1 rings (SSSR count). The highest BCUT2D eigenvalue weighted by molar-refractivity contribution is 6.00. The minimum absolute atomic E-state index is 0.147. The van der Waals surface area contributed by atoms with Gasteiger partial charge in [0.1, 0.15) is 0 Å². The van der Waals surface area contributed by atoms with Crippen molar-refractivity contribution in [3.05, 3.63) is 29.3 Å². The molecule has 18 heavy (non-hydrogen) atoms. The van der Waals surface area contributed by atoms with Crippen LogP contribution in [0.15, 0.2) is 18.2 Å². The molecule has 5 nitrogen and oxygen atoms in total. The summed E-state index contributed by atoms with van der Waals surface area (Å²) in [5, 5.41) is 5.81. The van der Waals surface area contributed by atoms with E-state index >= 15 is 0 Å². The second-order valence-electron chi connectivity index (χ2n) is 4.05. The van der Waals surface area contributed by atoms with E-state index in [0.29, 0.717) is 5.56 Å². The fourth-order valence-electron chi connectivity index (χ4n) is 1.59. The van der Waals surface area contributed by atoms with Crippen molar-refractivity contribution < 1.29 is 9.59 Å². The summed E-state index contributed by atoms with van der Waals surface area (Å²) in [6.45, 7) is 4.89. The lowest BCUT2D eigenvalue weighted by molar-refractivity contribution is -0.117. The molecule has 0 unspecified atom stereocenters. The van der Waals surface area contributed by atoms with Crippen LogP contribution in [0.4, 0.5) is 5.69 Å². The van der Waals surface area contributed by atoms with E-state index < -0.39 is 5.91 Å². The summed E-state index contributed by atoms with van der Waals surface area (Å²) >= 11 is 0. The Bertz CT molecular complexity index is 444. The molecule has 4 N–H and O–H groups in total. The first-order valence-corrected chi connectivity index (χ1v) is 5.95. The van der Waals surface area contributed by atoms with Crippen LogP contribution in [0.5, 0.6) is 0 Å². The van der Waals surface area contributed by atoms with Gasteiger partial charge in [0.15, 0.2) is 0 Å². The third-order valence-corrected chi connectivity index (χ3v) is 2.44. The van der Waals surface area contributed by atoms with Gasteiger partial charge in [0.25, 0.3) is 5.91 Å². The zero-order valence-corrected chi connectivity index (χ0v) is 10.7. The summed E-state index contributed by atoms with van der Waals surface area (Å²) in [7, 11) is 0. The van der Waals surface area contributed by atoms with Gasteiger partial charge in [-0.1, -0.05) is 11.6 Å². The number of benzene rings is 1. The highest BCUT2D eigenvalue weighted by Gasteiger charge is 2.11. The lowest BCUT2D eigenvalue weighted by Crippen LogP contribution is -2.28. The molecule has 0 aliphatic rings. The molecular weight excluding hydrogens is 230 g/mol. The number of aryl methyl sites for hydroxylation is 1. The first kappa shape index (κ1) is 14.0. The Morgan fingerprint density at radius 3 is 2.67 bits per heavy atom. The van der Waals surface area contributed by atoms with Crippen molar-refractivity contribution in [2.24, 2.45) is 5.73 Å². The Morgan fingerprint density at radius 2 is 2.06 bits per heavy atom. The third kappa shape index (κ3) is 4.08. The Labute approximate surface area is 107 Å². The number of nitrogens with one attached hydrogen (secondary N) is 2. The molecule has 2 amide bonds. The van der Waals surface area contributed by atoms with Gasteiger partial charge in [-0.25, -0.2) is 0 Å². The Morgan fingerprint density at radius 1 is 1.33 bits per heavy atom. The zero-order chi connectivity index (χ0) is 13.5. The average molecular weight is 249 g/mol. The molecule has 0 heterocycles. The number of amides is 2. The first-order valence-electron chi connectivity index (χ1n) is 5.95. The summed E-state index contributed by atoms with van der Waals surface area (Å²) in [5.41, 5.74) is 7.40. The van der Waals surface area contributed by atoms with Crippen LogP contribution in [-0.2, 0) is 4.79 Å². The maximum Gasteiger partial charge on any atom is 0.253 e. The highest BCUT2D eigenvalue weighted by Crippen LogP contribution is 2.17. The number of carbonyl (C=O) groups excluding carboxylic acids is 2. The average Bonchev–Trinajstić information content (AvgIpc) is 2.31. The maximum absolute atomic E-state index is 12.0. The van der Waals surface area contributed by atoms with Crippen molar-refractivity contribution in [3.63, 3.8) is 0 Å². The lowest BCUT2D eigenvalue weighted by atomic mass is 10.1. The molecule has 0 atom stereocenters. The van der Waals surface area contributed by atoms with E-state index in [-0.39, 0.29) is 18.9 Å². The molecule has 0 aliphatic heterocycles. The summed E-state index contributed by atoms with van der Waals surface area (Å²) in [6.07, 6.45) is 0.147. The number of hydrogen-bond acceptors (Lipinski definition) is 3. The maximum atomic E-state index is 12.0. The molecule has 0 aromatic heterocycles. The molecule has 0 fully saturated rings. The number of carbonyl (C=O) groups is 2. The van der Waals surface area contributed by atoms with E-state index in [1.54, 1.807) is 0 Å². The Balaban J connectivity index is 2.76. The minimum Gasteiger partial charge on any atom is -0.385 e. The largest absolute Gasteiger partial charge is 0.385 e. The van der Waals surface area contributed by atoms with E-state index in [9.17, 15) is 9.59 Å². The van der Waals surface area contributed by atoms with Gasteiger partial charge in [-0.2, -0.15) is 0 Å². The summed E-state index contributed by atoms with van der Waals surface area (Å²) < 4.78 is 0. The molecule has 0 radical (unpaired) electrons. The van der Waals surface area contributed by atoms with Gasteiger partial charge in [-0.15, -0.1) is 0 Å². The molecule has 98 valence electrons.